The van der Waals surface area contributed by atoms with Gasteiger partial charge in [0.2, 0.25) is 6.23 Å². The van der Waals surface area contributed by atoms with Gasteiger partial charge in [-0.3, -0.25) is 9.36 Å². The van der Waals surface area contributed by atoms with E-state index in [-0.39, 0.29) is 12.2 Å². The van der Waals surface area contributed by atoms with Gasteiger partial charge in [0.25, 0.3) is 0 Å². The standard InChI is InChI=1S/C18H25F2N3O6/c19-18(20)15(26)12(29-16(18)23-9-8-13(21)22-17(23)27)11-28-14(25)7-5-3-1-2-4-6-10-24/h8-10,12,15-16,26H,1-7,11H2,(H2,21,22,27)/t12-,15-,16-/m1/s1. The van der Waals surface area contributed by atoms with E-state index < -0.39 is 42.6 Å². The monoisotopic (exact) mass is 417 g/mol. The molecule has 11 heteroatoms. The molecular weight excluding hydrogens is 392 g/mol. The van der Waals surface area contributed by atoms with Gasteiger partial charge < -0.3 is 25.1 Å². The van der Waals surface area contributed by atoms with Gasteiger partial charge in [0.05, 0.1) is 0 Å². The molecule has 162 valence electrons. The largest absolute Gasteiger partial charge is 0.463 e. The van der Waals surface area contributed by atoms with Gasteiger partial charge >= 0.3 is 17.6 Å². The van der Waals surface area contributed by atoms with Gasteiger partial charge in [-0.05, 0) is 18.9 Å². The Morgan fingerprint density at radius 2 is 2.03 bits per heavy atom. The average molecular weight is 417 g/mol. The second kappa shape index (κ2) is 10.4. The number of carbonyl (C=O) groups is 2. The second-order valence-electron chi connectivity index (χ2n) is 6.84. The first-order valence-corrected chi connectivity index (χ1v) is 9.42. The topological polar surface area (TPSA) is 134 Å². The predicted molar refractivity (Wildman–Crippen MR) is 97.1 cm³/mol. The molecule has 0 unspecified atom stereocenters. The van der Waals surface area contributed by atoms with Gasteiger partial charge in [0.15, 0.2) is 6.10 Å². The van der Waals surface area contributed by atoms with Gasteiger partial charge in [-0.15, -0.1) is 0 Å². The van der Waals surface area contributed by atoms with Crippen LogP contribution in [0.15, 0.2) is 17.1 Å². The molecule has 0 amide bonds. The van der Waals surface area contributed by atoms with E-state index in [1.807, 2.05) is 0 Å². The number of hydrogen-bond acceptors (Lipinski definition) is 8. The zero-order valence-electron chi connectivity index (χ0n) is 15.8. The zero-order chi connectivity index (χ0) is 21.4. The van der Waals surface area contributed by atoms with E-state index in [2.05, 4.69) is 4.98 Å². The van der Waals surface area contributed by atoms with Crippen LogP contribution < -0.4 is 11.4 Å². The van der Waals surface area contributed by atoms with Crippen LogP contribution in [0.2, 0.25) is 0 Å². The van der Waals surface area contributed by atoms with Crippen LogP contribution >= 0.6 is 0 Å². The van der Waals surface area contributed by atoms with Gasteiger partial charge in [-0.2, -0.15) is 13.8 Å². The highest BCUT2D eigenvalue weighted by Crippen LogP contribution is 2.42. The molecule has 1 saturated heterocycles. The van der Waals surface area contributed by atoms with Crippen molar-refractivity contribution >= 4 is 18.1 Å². The third-order valence-corrected chi connectivity index (χ3v) is 4.60. The lowest BCUT2D eigenvalue weighted by Crippen LogP contribution is -2.42. The number of rotatable bonds is 11. The molecule has 2 rings (SSSR count). The van der Waals surface area contributed by atoms with Crippen molar-refractivity contribution in [2.24, 2.45) is 0 Å². The number of aldehydes is 1. The number of hydrogen-bond donors (Lipinski definition) is 2. The highest BCUT2D eigenvalue weighted by atomic mass is 19.3. The van der Waals surface area contributed by atoms with Crippen molar-refractivity contribution in [2.45, 2.75) is 69.3 Å². The Hall–Kier alpha value is -2.40. The van der Waals surface area contributed by atoms with Crippen molar-refractivity contribution in [3.8, 4) is 0 Å². The number of nitrogens with two attached hydrogens (primary N) is 1. The summed E-state index contributed by atoms with van der Waals surface area (Å²) in [4.78, 5) is 37.1. The van der Waals surface area contributed by atoms with Crippen LogP contribution in [0.3, 0.4) is 0 Å². The SMILES string of the molecule is Nc1ccn([C@@H]2O[C@H](COC(=O)CCCCCCCC=O)[C@@H](O)C2(F)F)c(=O)n1. The first kappa shape index (κ1) is 22.9. The molecule has 0 radical (unpaired) electrons. The molecule has 0 bridgehead atoms. The van der Waals surface area contributed by atoms with E-state index in [0.717, 1.165) is 44.2 Å². The molecule has 29 heavy (non-hydrogen) atoms. The van der Waals surface area contributed by atoms with Crippen LogP contribution in [0.25, 0.3) is 0 Å². The Kier molecular flexibility index (Phi) is 8.21. The Morgan fingerprint density at radius 3 is 2.72 bits per heavy atom. The molecule has 1 aromatic rings. The van der Waals surface area contributed by atoms with Crippen molar-refractivity contribution in [1.82, 2.24) is 9.55 Å². The average Bonchev–Trinajstić information content (AvgIpc) is 2.89. The maximum Gasteiger partial charge on any atom is 0.351 e. The molecular formula is C18H25F2N3O6. The number of aliphatic hydroxyl groups excluding tert-OH is 1. The normalized spacial score (nSPS) is 23.1. The predicted octanol–water partition coefficient (Wildman–Crippen LogP) is 1.19. The van der Waals surface area contributed by atoms with Gasteiger partial charge in [0.1, 0.15) is 24.8 Å². The lowest BCUT2D eigenvalue weighted by Gasteiger charge is -2.20. The van der Waals surface area contributed by atoms with E-state index in [4.69, 9.17) is 15.2 Å². The highest BCUT2D eigenvalue weighted by molar-refractivity contribution is 5.69. The van der Waals surface area contributed by atoms with Gasteiger partial charge in [0, 0.05) is 19.0 Å². The van der Waals surface area contributed by atoms with E-state index in [1.54, 1.807) is 0 Å². The van der Waals surface area contributed by atoms with Gasteiger partial charge in [-0.1, -0.05) is 19.3 Å². The summed E-state index contributed by atoms with van der Waals surface area (Å²) in [6.45, 7) is -0.567. The summed E-state index contributed by atoms with van der Waals surface area (Å²) in [6.07, 6.45) is 0.589. The summed E-state index contributed by atoms with van der Waals surface area (Å²) in [5, 5.41) is 9.87. The van der Waals surface area contributed by atoms with E-state index in [1.165, 1.54) is 0 Å². The lowest BCUT2D eigenvalue weighted by atomic mass is 10.1. The summed E-state index contributed by atoms with van der Waals surface area (Å²) in [5.41, 5.74) is 4.29. The fourth-order valence-corrected chi connectivity index (χ4v) is 2.98. The summed E-state index contributed by atoms with van der Waals surface area (Å²) in [5.74, 6) is -4.52. The van der Waals surface area contributed by atoms with Crippen LogP contribution in [0.4, 0.5) is 14.6 Å². The number of halogens is 2. The molecule has 0 saturated carbocycles. The Balaban J connectivity index is 1.82. The summed E-state index contributed by atoms with van der Waals surface area (Å²) in [6, 6.07) is 1.15. The Labute approximate surface area is 165 Å². The number of nitrogens with zero attached hydrogens (tertiary/aromatic N) is 2. The maximum atomic E-state index is 14.4. The third kappa shape index (κ3) is 6.04. The number of aliphatic hydroxyl groups is 1. The fraction of sp³-hybridized carbons (Fsp3) is 0.667. The lowest BCUT2D eigenvalue weighted by molar-refractivity contribution is -0.150. The number of carbonyl (C=O) groups excluding carboxylic acids is 2. The van der Waals surface area contributed by atoms with Crippen LogP contribution in [0, 0.1) is 0 Å². The summed E-state index contributed by atoms with van der Waals surface area (Å²) in [7, 11) is 0. The molecule has 1 aliphatic heterocycles. The first-order chi connectivity index (χ1) is 13.8. The Bertz CT molecular complexity index is 757. The van der Waals surface area contributed by atoms with Crippen molar-refractivity contribution in [1.29, 1.82) is 0 Å². The minimum Gasteiger partial charge on any atom is -0.463 e. The Morgan fingerprint density at radius 1 is 1.34 bits per heavy atom. The number of ether oxygens (including phenoxy) is 2. The van der Waals surface area contributed by atoms with Crippen molar-refractivity contribution < 1.29 is 33.0 Å². The molecule has 1 aliphatic rings. The number of nitrogen functional groups attached to an aromatic ring is 1. The molecule has 0 spiro atoms. The number of esters is 1. The van der Waals surface area contributed by atoms with Gasteiger partial charge in [-0.25, -0.2) is 4.79 Å². The van der Waals surface area contributed by atoms with E-state index in [0.29, 0.717) is 17.4 Å². The smallest absolute Gasteiger partial charge is 0.351 e. The van der Waals surface area contributed by atoms with Crippen LogP contribution in [0.5, 0.6) is 0 Å². The number of unbranched alkanes of at least 4 members (excludes halogenated alkanes) is 5. The molecule has 0 aromatic carbocycles. The maximum absolute atomic E-state index is 14.4. The number of aromatic nitrogens is 2. The summed E-state index contributed by atoms with van der Waals surface area (Å²) >= 11 is 0. The molecule has 9 nitrogen and oxygen atoms in total. The van der Waals surface area contributed by atoms with Crippen LogP contribution in [-0.4, -0.2) is 51.7 Å². The zero-order valence-corrected chi connectivity index (χ0v) is 15.8. The summed E-state index contributed by atoms with van der Waals surface area (Å²) < 4.78 is 39.3. The molecule has 1 aromatic heterocycles. The molecule has 3 N–H and O–H groups in total. The van der Waals surface area contributed by atoms with E-state index in [9.17, 15) is 28.3 Å². The molecule has 2 heterocycles. The number of alkyl halides is 2. The quantitative estimate of drug-likeness (QED) is 0.312. The minimum atomic E-state index is -3.79. The second-order valence-corrected chi connectivity index (χ2v) is 6.84. The highest BCUT2D eigenvalue weighted by Gasteiger charge is 2.60. The molecule has 0 aliphatic carbocycles. The van der Waals surface area contributed by atoms with Crippen molar-refractivity contribution in [3.63, 3.8) is 0 Å². The molecule has 1 fully saturated rings. The first-order valence-electron chi connectivity index (χ1n) is 9.42. The van der Waals surface area contributed by atoms with Crippen LogP contribution in [0.1, 0.15) is 51.2 Å². The fourth-order valence-electron chi connectivity index (χ4n) is 2.98. The van der Waals surface area contributed by atoms with Crippen LogP contribution in [-0.2, 0) is 19.1 Å². The third-order valence-electron chi connectivity index (χ3n) is 4.60. The minimum absolute atomic E-state index is 0.109. The van der Waals surface area contributed by atoms with Crippen molar-refractivity contribution in [2.75, 3.05) is 12.3 Å². The number of anilines is 1. The van der Waals surface area contributed by atoms with Crippen molar-refractivity contribution in [3.05, 3.63) is 22.7 Å². The van der Waals surface area contributed by atoms with E-state index >= 15 is 0 Å². The molecule has 3 atom stereocenters.